The molecular formula is C82H146N4O34. The average Bonchev–Trinajstić information content (AvgIpc) is 0.746. The molecule has 0 aliphatic carbocycles. The van der Waals surface area contributed by atoms with Crippen LogP contribution in [0.3, 0.4) is 0 Å². The summed E-state index contributed by atoms with van der Waals surface area (Å²) >= 11 is 0. The first-order chi connectivity index (χ1) is 57.3. The van der Waals surface area contributed by atoms with Crippen molar-refractivity contribution in [3.63, 3.8) is 0 Å². The van der Waals surface area contributed by atoms with E-state index in [2.05, 4.69) is 35.1 Å². The number of hydrogen-bond acceptors (Lipinski definition) is 32. The summed E-state index contributed by atoms with van der Waals surface area (Å²) in [5.41, 5.74) is 0. The predicted octanol–water partition coefficient (Wildman–Crippen LogP) is -0.132. The Hall–Kier alpha value is -4.48. The number of carboxylic acids is 2. The first-order valence-electron chi connectivity index (χ1n) is 43.7. The molecule has 38 heteroatoms. The maximum absolute atomic E-state index is 14.2. The molecule has 0 aromatic heterocycles. The highest BCUT2D eigenvalue weighted by Gasteiger charge is 2.64. The van der Waals surface area contributed by atoms with Gasteiger partial charge in [0.25, 0.3) is 11.6 Å². The van der Waals surface area contributed by atoms with Gasteiger partial charge in [-0.25, -0.2) is 9.59 Å². The van der Waals surface area contributed by atoms with E-state index in [9.17, 15) is 121 Å². The number of ether oxygens (including phenoxy) is 10. The van der Waals surface area contributed by atoms with Crippen LogP contribution < -0.4 is 21.3 Å². The molecule has 38 nitrogen and oxygen atoms in total. The Bertz CT molecular complexity index is 2940. The molecule has 0 bridgehead atoms. The highest BCUT2D eigenvalue weighted by Crippen LogP contribution is 2.42. The number of allylic oxidation sites excluding steroid dienone is 1. The Morgan fingerprint density at radius 1 is 0.450 bits per heavy atom. The van der Waals surface area contributed by atoms with E-state index in [4.69, 9.17) is 47.4 Å². The molecule has 5 saturated heterocycles. The van der Waals surface area contributed by atoms with E-state index in [1.54, 1.807) is 6.08 Å². The van der Waals surface area contributed by atoms with E-state index in [1.165, 1.54) is 128 Å². The molecule has 0 aromatic rings. The number of hydrogen-bond donors (Lipinski definition) is 22. The van der Waals surface area contributed by atoms with E-state index in [0.717, 1.165) is 85.0 Å². The lowest BCUT2D eigenvalue weighted by Crippen LogP contribution is -2.72. The van der Waals surface area contributed by atoms with Crippen LogP contribution in [0.2, 0.25) is 0 Å². The number of aliphatic hydroxyl groups excluding tert-OH is 16. The first-order valence-corrected chi connectivity index (χ1v) is 43.7. The summed E-state index contributed by atoms with van der Waals surface area (Å²) in [6.07, 6.45) is -13.9. The second-order valence-corrected chi connectivity index (χ2v) is 32.9. The van der Waals surface area contributed by atoms with Gasteiger partial charge < -0.3 is 161 Å². The lowest BCUT2D eigenvalue weighted by atomic mass is 9.87. The van der Waals surface area contributed by atoms with Crippen LogP contribution in [-0.2, 0) is 76.1 Å². The topological polar surface area (TPSA) is 607 Å². The van der Waals surface area contributed by atoms with Crippen LogP contribution in [0.1, 0.15) is 253 Å². The molecule has 4 amide bonds. The Morgan fingerprint density at radius 2 is 0.867 bits per heavy atom. The molecule has 0 spiro atoms. The fraction of sp³-hybridized carbons (Fsp3) is 0.902. The van der Waals surface area contributed by atoms with Crippen molar-refractivity contribution in [3.8, 4) is 0 Å². The van der Waals surface area contributed by atoms with Crippen molar-refractivity contribution in [1.82, 2.24) is 21.3 Å². The third-order valence-electron chi connectivity index (χ3n) is 23.0. The van der Waals surface area contributed by atoms with Crippen molar-refractivity contribution in [2.45, 2.75) is 430 Å². The summed E-state index contributed by atoms with van der Waals surface area (Å²) in [5, 5.41) is 213. The molecule has 698 valence electrons. The number of aliphatic hydroxyl groups is 16. The zero-order valence-corrected chi connectivity index (χ0v) is 70.6. The number of nitrogens with one attached hydrogen (secondary N) is 4. The number of carbonyl (C=O) groups is 6. The zero-order valence-electron chi connectivity index (χ0n) is 70.6. The molecule has 10 unspecified atom stereocenters. The van der Waals surface area contributed by atoms with Gasteiger partial charge in [0.1, 0.15) is 110 Å². The van der Waals surface area contributed by atoms with Crippen molar-refractivity contribution >= 4 is 35.6 Å². The van der Waals surface area contributed by atoms with Gasteiger partial charge in [-0.1, -0.05) is 206 Å². The molecule has 0 saturated carbocycles. The van der Waals surface area contributed by atoms with Crippen LogP contribution in [0, 0.1) is 0 Å². The molecule has 5 heterocycles. The highest BCUT2D eigenvalue weighted by atomic mass is 16.8. The molecule has 0 radical (unpaired) electrons. The quantitative estimate of drug-likeness (QED) is 0.0278. The van der Waals surface area contributed by atoms with Crippen molar-refractivity contribution in [1.29, 1.82) is 0 Å². The fourth-order valence-electron chi connectivity index (χ4n) is 16.1. The fourth-order valence-corrected chi connectivity index (χ4v) is 16.1. The molecule has 5 aliphatic rings. The van der Waals surface area contributed by atoms with Crippen molar-refractivity contribution in [2.75, 3.05) is 39.6 Å². The van der Waals surface area contributed by atoms with Crippen molar-refractivity contribution < 1.29 is 168 Å². The average molecular weight is 1730 g/mol. The van der Waals surface area contributed by atoms with Crippen molar-refractivity contribution in [3.05, 3.63) is 12.2 Å². The molecule has 22 N–H and O–H groups in total. The zero-order chi connectivity index (χ0) is 88.7. The Kier molecular flexibility index (Phi) is 49.4. The second-order valence-electron chi connectivity index (χ2n) is 32.9. The largest absolute Gasteiger partial charge is 0.477 e. The van der Waals surface area contributed by atoms with Gasteiger partial charge >= 0.3 is 11.9 Å². The lowest BCUT2D eigenvalue weighted by molar-refractivity contribution is -0.402. The maximum atomic E-state index is 14.2. The van der Waals surface area contributed by atoms with Crippen LogP contribution in [-0.4, -0.2) is 344 Å². The van der Waals surface area contributed by atoms with E-state index >= 15 is 0 Å². The minimum atomic E-state index is -3.59. The van der Waals surface area contributed by atoms with Gasteiger partial charge in [0.15, 0.2) is 18.9 Å². The third kappa shape index (κ3) is 33.1. The number of unbranched alkanes of at least 4 members (excludes halogenated alkanes) is 29. The Balaban J connectivity index is 1.41. The summed E-state index contributed by atoms with van der Waals surface area (Å²) in [4.78, 5) is 79.2. The molecule has 5 rings (SSSR count). The maximum Gasteiger partial charge on any atom is 0.364 e. The minimum Gasteiger partial charge on any atom is -0.477 e. The number of amides is 4. The van der Waals surface area contributed by atoms with E-state index in [1.807, 2.05) is 0 Å². The van der Waals surface area contributed by atoms with Gasteiger partial charge in [-0.3, -0.25) is 19.2 Å². The monoisotopic (exact) mass is 1730 g/mol. The number of rotatable bonds is 60. The summed E-state index contributed by atoms with van der Waals surface area (Å²) in [7, 11) is 0. The van der Waals surface area contributed by atoms with Gasteiger partial charge in [0, 0.05) is 40.0 Å². The van der Waals surface area contributed by atoms with Gasteiger partial charge in [-0.2, -0.15) is 0 Å². The van der Waals surface area contributed by atoms with Gasteiger partial charge in [0.2, 0.25) is 23.6 Å². The Labute approximate surface area is 703 Å². The van der Waals surface area contributed by atoms with Crippen LogP contribution in [0.4, 0.5) is 0 Å². The van der Waals surface area contributed by atoms with Crippen molar-refractivity contribution in [2.24, 2.45) is 0 Å². The highest BCUT2D eigenvalue weighted by molar-refractivity contribution is 5.78. The minimum absolute atomic E-state index is 0.113. The molecule has 120 heavy (non-hydrogen) atoms. The summed E-state index contributed by atoms with van der Waals surface area (Å²) < 4.78 is 60.0. The van der Waals surface area contributed by atoms with E-state index in [0.29, 0.717) is 12.8 Å². The van der Waals surface area contributed by atoms with Crippen LogP contribution >= 0.6 is 0 Å². The number of carboxylic acid groups (broad SMARTS) is 2. The second kappa shape index (κ2) is 55.9. The van der Waals surface area contributed by atoms with Crippen LogP contribution in [0.25, 0.3) is 0 Å². The SMILES string of the molecule is CCCCCCCCCCCCC/C=C/[C@@H](O)[C@H](CO[C@@H]1OC(CO)[C@@H](O[C@@H]2OC(CO)[C@H](O[C@@H]3OC(CO)[C@H](O)[C@H](O)C3NC(C)=O)[C@H](O[C@]3(C(=O)O)CC(O)[C@@H](NC(C)=O)C([C@H](O)[C@@H](CO)O[C@]4(C(=O)O)CC(O)[C@@H](NC(C)=O)C([C@H](O)[C@H](O)CO)O4)O3)C2O)[C@H](O)C1O)NC(=O)CCCCCCCCCCCCCCCCCCCCC. The van der Waals surface area contributed by atoms with Crippen LogP contribution in [0.15, 0.2) is 12.2 Å². The standard InChI is InChI=1S/C82H146N4O34/c1-6-8-10-12-14-16-18-20-21-22-23-24-25-27-29-31-33-35-37-39-60(99)86-51(52(95)38-36-34-32-30-28-26-19-17-15-13-11-9-7-2)47-111-77-69(105)68(104)71(58(45-90)113-77)115-78-70(106)75(72(59(46-91)114-78)116-76-63(85-50(5)94)67(103)65(101)56(43-88)112-76)120-82(80(109)110)41-54(97)62(84-49(4)93)74(119-82)66(102)57(44-89)117-81(79(107)108)40-53(96)61(83-48(3)92)73(118-81)64(100)55(98)42-87/h36,38,51-59,61-78,87-91,95-98,100-106H,6-35,37,39-47H2,1-5H3,(H,83,92)(H,84,93)(H,85,94)(H,86,99)(H,107,108)(H,109,110)/b38-36+/t51-,52+,53?,54?,55+,56?,57+,58?,59?,61+,62+,63?,64+,65-,66+,67+,68+,69?,70?,71+,72-,73?,74?,75+,76-,77+,78-,81+,82-/m0/s1. The first kappa shape index (κ1) is 106. The number of aliphatic carboxylic acids is 2. The summed E-state index contributed by atoms with van der Waals surface area (Å²) in [6.45, 7) is 0.547. The molecule has 5 aliphatic heterocycles. The van der Waals surface area contributed by atoms with Gasteiger partial charge in [-0.15, -0.1) is 0 Å². The lowest BCUT2D eigenvalue weighted by Gasteiger charge is -2.52. The third-order valence-corrected chi connectivity index (χ3v) is 23.0. The van der Waals surface area contributed by atoms with Gasteiger partial charge in [0.05, 0.1) is 76.1 Å². The molecular weight excluding hydrogens is 1580 g/mol. The van der Waals surface area contributed by atoms with Crippen LogP contribution in [0.5, 0.6) is 0 Å². The smallest absolute Gasteiger partial charge is 0.364 e. The predicted molar refractivity (Wildman–Crippen MR) is 426 cm³/mol. The van der Waals surface area contributed by atoms with E-state index in [-0.39, 0.29) is 6.42 Å². The van der Waals surface area contributed by atoms with Gasteiger partial charge in [-0.05, 0) is 19.3 Å². The summed E-state index contributed by atoms with van der Waals surface area (Å²) in [5.74, 6) is -14.6. The molecule has 5 fully saturated rings. The normalized spacial score (nSPS) is 32.6. The molecule has 0 aromatic carbocycles. The molecule has 29 atom stereocenters. The Morgan fingerprint density at radius 3 is 1.32 bits per heavy atom. The number of carbonyl (C=O) groups excluding carboxylic acids is 4. The summed E-state index contributed by atoms with van der Waals surface area (Å²) in [6, 6.07) is -6.82. The van der Waals surface area contributed by atoms with E-state index < -0.39 is 265 Å².